The van der Waals surface area contributed by atoms with Gasteiger partial charge < -0.3 is 29.9 Å². The van der Waals surface area contributed by atoms with Gasteiger partial charge in [0.05, 0.1) is 12.7 Å². The number of benzene rings is 4. The van der Waals surface area contributed by atoms with Crippen LogP contribution in [0.4, 0.5) is 5.69 Å². The minimum Gasteiger partial charge on any atom is -0.496 e. The fourth-order valence-electron chi connectivity index (χ4n) is 6.60. The first-order chi connectivity index (χ1) is 21.1. The van der Waals surface area contributed by atoms with Crippen molar-refractivity contribution < 1.29 is 29.6 Å². The molecule has 1 aliphatic rings. The minimum atomic E-state index is -1.56. The van der Waals surface area contributed by atoms with Crippen LogP contribution in [0.25, 0.3) is 10.9 Å². The van der Waals surface area contributed by atoms with Crippen molar-refractivity contribution in [2.45, 2.75) is 38.1 Å². The van der Waals surface area contributed by atoms with E-state index < -0.39 is 23.8 Å². The van der Waals surface area contributed by atoms with Gasteiger partial charge in [0.15, 0.2) is 18.2 Å². The number of ether oxygens (including phenoxy) is 1. The van der Waals surface area contributed by atoms with Crippen LogP contribution in [0, 0.1) is 6.92 Å². The Morgan fingerprint density at radius 3 is 2.09 bits per heavy atom. The van der Waals surface area contributed by atoms with E-state index in [1.165, 1.54) is 12.0 Å². The standard InChI is InChI=1S/C35H31ClN2O6/c1-4-35(34(42)43,21-11-15-23(16-12-21)38-32(40)24-7-5-6-8-25(24)33(38)41)30-19(2)37-26-17-18-27(44-3)29(28(26)30)31(39)20-9-13-22(36)14-10-20/h5-18,32-33,37,40-41H,4H2,1-3H3,(H,42,43). The monoisotopic (exact) mass is 610 g/mol. The number of aromatic nitrogens is 1. The van der Waals surface area contributed by atoms with E-state index in [9.17, 15) is 24.9 Å². The Morgan fingerprint density at radius 1 is 0.932 bits per heavy atom. The summed E-state index contributed by atoms with van der Waals surface area (Å²) in [6.07, 6.45) is -1.96. The van der Waals surface area contributed by atoms with Crippen molar-refractivity contribution in [3.8, 4) is 5.75 Å². The summed E-state index contributed by atoms with van der Waals surface area (Å²) in [4.78, 5) is 32.3. The second-order valence-corrected chi connectivity index (χ2v) is 11.4. The second-order valence-electron chi connectivity index (χ2n) is 10.9. The first-order valence-electron chi connectivity index (χ1n) is 14.2. The van der Waals surface area contributed by atoms with Crippen LogP contribution in [0.1, 0.15) is 69.7 Å². The molecule has 0 bridgehead atoms. The molecule has 4 aromatic carbocycles. The van der Waals surface area contributed by atoms with Crippen LogP contribution >= 0.6 is 11.6 Å². The van der Waals surface area contributed by atoms with E-state index in [-0.39, 0.29) is 17.8 Å². The molecular weight excluding hydrogens is 580 g/mol. The Kier molecular flexibility index (Phi) is 7.45. The average molecular weight is 611 g/mol. The van der Waals surface area contributed by atoms with E-state index in [4.69, 9.17) is 16.3 Å². The molecule has 0 spiro atoms. The Bertz CT molecular complexity index is 1870. The highest BCUT2D eigenvalue weighted by Crippen LogP contribution is 2.47. The van der Waals surface area contributed by atoms with Crippen LogP contribution in [0.15, 0.2) is 84.9 Å². The van der Waals surface area contributed by atoms with Crippen LogP contribution in [0.3, 0.4) is 0 Å². The molecule has 0 aliphatic carbocycles. The summed E-state index contributed by atoms with van der Waals surface area (Å²) < 4.78 is 5.65. The molecule has 5 aromatic rings. The molecule has 0 fully saturated rings. The zero-order chi connectivity index (χ0) is 31.3. The van der Waals surface area contributed by atoms with Gasteiger partial charge in [0.2, 0.25) is 0 Å². The van der Waals surface area contributed by atoms with E-state index in [0.29, 0.717) is 60.9 Å². The highest BCUT2D eigenvalue weighted by molar-refractivity contribution is 6.30. The Hall–Kier alpha value is -4.63. The average Bonchev–Trinajstić information content (AvgIpc) is 3.50. The number of ketones is 1. The topological polar surface area (TPSA) is 123 Å². The third-order valence-corrected chi connectivity index (χ3v) is 8.98. The number of aliphatic hydroxyl groups excluding tert-OH is 2. The number of hydrogen-bond donors (Lipinski definition) is 4. The summed E-state index contributed by atoms with van der Waals surface area (Å²) in [5, 5.41) is 33.9. The number of aromatic amines is 1. The predicted molar refractivity (Wildman–Crippen MR) is 168 cm³/mol. The van der Waals surface area contributed by atoms with Crippen molar-refractivity contribution in [1.29, 1.82) is 0 Å². The van der Waals surface area contributed by atoms with Gasteiger partial charge in [-0.2, -0.15) is 0 Å². The smallest absolute Gasteiger partial charge is 0.318 e. The number of carboxylic acids is 1. The van der Waals surface area contributed by atoms with Crippen LogP contribution in [-0.4, -0.2) is 39.2 Å². The quantitative estimate of drug-likeness (QED) is 0.145. The van der Waals surface area contributed by atoms with Crippen molar-refractivity contribution in [2.75, 3.05) is 12.0 Å². The third kappa shape index (κ3) is 4.37. The number of nitrogens with one attached hydrogen (secondary N) is 1. The lowest BCUT2D eigenvalue weighted by atomic mass is 9.70. The number of aliphatic carboxylic acids is 1. The molecular formula is C35H31ClN2O6. The largest absolute Gasteiger partial charge is 0.496 e. The number of nitrogens with zero attached hydrogens (tertiary/aromatic N) is 1. The van der Waals surface area contributed by atoms with E-state index in [1.54, 1.807) is 98.8 Å². The molecule has 2 heterocycles. The summed E-state index contributed by atoms with van der Waals surface area (Å²) in [7, 11) is 1.47. The molecule has 0 amide bonds. The van der Waals surface area contributed by atoms with Crippen LogP contribution in [-0.2, 0) is 10.2 Å². The van der Waals surface area contributed by atoms with Gasteiger partial charge >= 0.3 is 5.97 Å². The third-order valence-electron chi connectivity index (χ3n) is 8.73. The number of fused-ring (bicyclic) bond motifs is 2. The Balaban J connectivity index is 1.53. The first kappa shape index (κ1) is 29.4. The number of methoxy groups -OCH3 is 1. The number of H-pyrrole nitrogens is 1. The van der Waals surface area contributed by atoms with Gasteiger partial charge in [-0.25, -0.2) is 0 Å². The molecule has 4 N–H and O–H groups in total. The summed E-state index contributed by atoms with van der Waals surface area (Å²) in [5.74, 6) is -1.09. The summed E-state index contributed by atoms with van der Waals surface area (Å²) in [6.45, 7) is 3.60. The van der Waals surface area contributed by atoms with Crippen molar-refractivity contribution in [3.63, 3.8) is 0 Å². The fourth-order valence-corrected chi connectivity index (χ4v) is 6.72. The zero-order valence-electron chi connectivity index (χ0n) is 24.3. The lowest BCUT2D eigenvalue weighted by Crippen LogP contribution is -2.37. The number of carbonyl (C=O) groups is 2. The van der Waals surface area contributed by atoms with E-state index in [0.717, 1.165) is 0 Å². The van der Waals surface area contributed by atoms with Crippen LogP contribution in [0.2, 0.25) is 5.02 Å². The molecule has 3 unspecified atom stereocenters. The van der Waals surface area contributed by atoms with E-state index >= 15 is 0 Å². The van der Waals surface area contributed by atoms with E-state index in [2.05, 4.69) is 4.98 Å². The minimum absolute atomic E-state index is 0.168. The highest BCUT2D eigenvalue weighted by Gasteiger charge is 2.45. The molecule has 8 nitrogen and oxygen atoms in total. The molecule has 0 radical (unpaired) electrons. The number of rotatable bonds is 8. The molecule has 44 heavy (non-hydrogen) atoms. The van der Waals surface area contributed by atoms with Gasteiger partial charge in [0.1, 0.15) is 11.2 Å². The van der Waals surface area contributed by atoms with Crippen molar-refractivity contribution >= 4 is 39.9 Å². The molecule has 1 aliphatic heterocycles. The maximum Gasteiger partial charge on any atom is 0.318 e. The van der Waals surface area contributed by atoms with Gasteiger partial charge in [-0.05, 0) is 67.4 Å². The molecule has 3 atom stereocenters. The van der Waals surface area contributed by atoms with Crippen LogP contribution < -0.4 is 9.64 Å². The van der Waals surface area contributed by atoms with Crippen molar-refractivity contribution in [3.05, 3.63) is 129 Å². The Labute approximate surface area is 259 Å². The molecule has 9 heteroatoms. The number of carboxylic acid groups (broad SMARTS) is 1. The van der Waals surface area contributed by atoms with Crippen LogP contribution in [0.5, 0.6) is 5.75 Å². The lowest BCUT2D eigenvalue weighted by Gasteiger charge is -2.32. The summed E-state index contributed by atoms with van der Waals surface area (Å²) in [6, 6.07) is 23.9. The fraction of sp³-hybridized carbons (Fsp3) is 0.200. The molecule has 224 valence electrons. The molecule has 6 rings (SSSR count). The number of anilines is 1. The lowest BCUT2D eigenvalue weighted by molar-refractivity contribution is -0.142. The van der Waals surface area contributed by atoms with Gasteiger partial charge in [0, 0.05) is 49.6 Å². The second kappa shape index (κ2) is 11.1. The van der Waals surface area contributed by atoms with Crippen molar-refractivity contribution in [1.82, 2.24) is 4.98 Å². The van der Waals surface area contributed by atoms with Gasteiger partial charge in [-0.15, -0.1) is 0 Å². The summed E-state index contributed by atoms with van der Waals surface area (Å²) >= 11 is 6.08. The van der Waals surface area contributed by atoms with E-state index in [1.807, 2.05) is 0 Å². The number of carbonyl (C=O) groups excluding carboxylic acids is 1. The highest BCUT2D eigenvalue weighted by atomic mass is 35.5. The van der Waals surface area contributed by atoms with Crippen molar-refractivity contribution in [2.24, 2.45) is 0 Å². The van der Waals surface area contributed by atoms with Gasteiger partial charge in [0.25, 0.3) is 0 Å². The number of halogens is 1. The molecule has 1 aromatic heterocycles. The Morgan fingerprint density at radius 2 is 1.55 bits per heavy atom. The van der Waals surface area contributed by atoms with Gasteiger partial charge in [-0.3, -0.25) is 9.59 Å². The van der Waals surface area contributed by atoms with Gasteiger partial charge in [-0.1, -0.05) is 54.9 Å². The predicted octanol–water partition coefficient (Wildman–Crippen LogP) is 6.65. The SMILES string of the molecule is CCC(C(=O)O)(c1ccc(N2C(O)c3ccccc3C2O)cc1)c1c(C)[nH]c2ccc(OC)c(C(=O)c3ccc(Cl)cc3)c12. The molecule has 0 saturated heterocycles. The maximum absolute atomic E-state index is 14.0. The maximum atomic E-state index is 14.0. The summed E-state index contributed by atoms with van der Waals surface area (Å²) in [5.41, 5.74) is 2.97. The normalized spacial score (nSPS) is 17.4. The number of hydrogen-bond acceptors (Lipinski definition) is 6. The molecule has 0 saturated carbocycles. The zero-order valence-corrected chi connectivity index (χ0v) is 25.1. The number of aliphatic hydroxyl groups is 2. The number of aryl methyl sites for hydroxylation is 1. The first-order valence-corrected chi connectivity index (χ1v) is 14.6.